The molecule has 4 aromatic carbocycles. The maximum atomic E-state index is 9.66. The van der Waals surface area contributed by atoms with Crippen LogP contribution in [0.1, 0.15) is 16.7 Å². The number of fused-ring (bicyclic) bond motifs is 1. The van der Waals surface area contributed by atoms with Gasteiger partial charge in [0.25, 0.3) is 0 Å². The highest BCUT2D eigenvalue weighted by molar-refractivity contribution is 14.1. The summed E-state index contributed by atoms with van der Waals surface area (Å²) in [5.74, 6) is 1.30. The summed E-state index contributed by atoms with van der Waals surface area (Å²) in [6, 6.07) is 27.8. The number of benzene rings is 4. The zero-order valence-corrected chi connectivity index (χ0v) is 20.2. The quantitative estimate of drug-likeness (QED) is 0.140. The normalized spacial score (nSPS) is 11.2. The van der Waals surface area contributed by atoms with Crippen LogP contribution in [0.3, 0.4) is 0 Å². The molecule has 3 nitrogen and oxygen atoms in total. The minimum Gasteiger partial charge on any atom is -0.493 e. The van der Waals surface area contributed by atoms with Crippen LogP contribution in [0, 0.1) is 14.9 Å². The molecule has 32 heavy (non-hydrogen) atoms. The molecule has 0 aliphatic rings. The summed E-state index contributed by atoms with van der Waals surface area (Å²) in [6.07, 6.45) is 1.82. The molecule has 0 radical (unpaired) electrons. The van der Waals surface area contributed by atoms with Gasteiger partial charge in [-0.3, -0.25) is 0 Å². The molecule has 0 aromatic heterocycles. The van der Waals surface area contributed by atoms with Gasteiger partial charge in [-0.1, -0.05) is 66.2 Å². The second-order valence-corrected chi connectivity index (χ2v) is 8.74. The van der Waals surface area contributed by atoms with Gasteiger partial charge in [0.15, 0.2) is 11.5 Å². The predicted octanol–water partition coefficient (Wildman–Crippen LogP) is 7.75. The molecule has 0 amide bonds. The van der Waals surface area contributed by atoms with Crippen LogP contribution in [0.4, 0.5) is 0 Å². The summed E-state index contributed by atoms with van der Waals surface area (Å²) in [5, 5.41) is 12.6. The third kappa shape index (κ3) is 4.90. The zero-order valence-electron chi connectivity index (χ0n) is 17.3. The average molecular weight is 552 g/mol. The maximum absolute atomic E-state index is 9.66. The van der Waals surface area contributed by atoms with Crippen molar-refractivity contribution in [3.8, 4) is 17.6 Å². The monoisotopic (exact) mass is 551 g/mol. The summed E-state index contributed by atoms with van der Waals surface area (Å²) in [7, 11) is 1.62. The lowest BCUT2D eigenvalue weighted by Crippen LogP contribution is -2.01. The number of allylic oxidation sites excluding steroid dienone is 1. The predicted molar refractivity (Wildman–Crippen MR) is 139 cm³/mol. The van der Waals surface area contributed by atoms with Crippen LogP contribution in [0.2, 0.25) is 5.02 Å². The van der Waals surface area contributed by atoms with E-state index in [1.54, 1.807) is 19.2 Å². The van der Waals surface area contributed by atoms with Gasteiger partial charge < -0.3 is 9.47 Å². The first-order valence-electron chi connectivity index (χ1n) is 9.94. The van der Waals surface area contributed by atoms with E-state index in [-0.39, 0.29) is 0 Å². The number of nitrogens with zero attached hydrogens (tertiary/aromatic N) is 1. The highest BCUT2D eigenvalue weighted by atomic mass is 127. The highest BCUT2D eigenvalue weighted by Crippen LogP contribution is 2.36. The number of rotatable bonds is 6. The molecule has 0 aliphatic carbocycles. The first-order valence-corrected chi connectivity index (χ1v) is 11.4. The van der Waals surface area contributed by atoms with E-state index in [0.717, 1.165) is 20.3 Å². The summed E-state index contributed by atoms with van der Waals surface area (Å²) in [5.41, 5.74) is 3.25. The Labute approximate surface area is 206 Å². The van der Waals surface area contributed by atoms with Gasteiger partial charge >= 0.3 is 0 Å². The van der Waals surface area contributed by atoms with E-state index in [0.29, 0.717) is 28.7 Å². The SMILES string of the molecule is COc1cc(/C=C(/C#N)c2cccc(Cl)c2)cc(I)c1OCc1cccc2ccccc12. The topological polar surface area (TPSA) is 42.2 Å². The third-order valence-electron chi connectivity index (χ3n) is 5.07. The van der Waals surface area contributed by atoms with Gasteiger partial charge in [-0.05, 0) is 80.4 Å². The molecule has 0 spiro atoms. The molecule has 0 saturated heterocycles. The number of ether oxygens (including phenoxy) is 2. The Morgan fingerprint density at radius 2 is 1.81 bits per heavy atom. The van der Waals surface area contributed by atoms with Crippen molar-refractivity contribution in [1.82, 2.24) is 0 Å². The van der Waals surface area contributed by atoms with Crippen LogP contribution in [0.5, 0.6) is 11.5 Å². The van der Waals surface area contributed by atoms with Crippen molar-refractivity contribution in [3.05, 3.63) is 104 Å². The van der Waals surface area contributed by atoms with Crippen molar-refractivity contribution >= 4 is 56.6 Å². The van der Waals surface area contributed by atoms with Gasteiger partial charge in [-0.2, -0.15) is 5.26 Å². The Hall–Kier alpha value is -3.01. The third-order valence-corrected chi connectivity index (χ3v) is 6.11. The van der Waals surface area contributed by atoms with E-state index in [2.05, 4.69) is 52.9 Å². The average Bonchev–Trinajstić information content (AvgIpc) is 2.81. The van der Waals surface area contributed by atoms with Crippen LogP contribution in [0.25, 0.3) is 22.4 Å². The van der Waals surface area contributed by atoms with Gasteiger partial charge in [0.05, 0.1) is 22.3 Å². The lowest BCUT2D eigenvalue weighted by molar-refractivity contribution is 0.283. The molecular weight excluding hydrogens is 533 g/mol. The van der Waals surface area contributed by atoms with Gasteiger partial charge in [0.1, 0.15) is 6.61 Å². The fraction of sp³-hybridized carbons (Fsp3) is 0.0741. The summed E-state index contributed by atoms with van der Waals surface area (Å²) in [4.78, 5) is 0. The van der Waals surface area contributed by atoms with Crippen molar-refractivity contribution in [3.63, 3.8) is 0 Å². The molecule has 0 unspecified atom stereocenters. The van der Waals surface area contributed by atoms with Gasteiger partial charge in [-0.15, -0.1) is 0 Å². The van der Waals surface area contributed by atoms with Crippen molar-refractivity contribution in [2.24, 2.45) is 0 Å². The molecule has 5 heteroatoms. The van der Waals surface area contributed by atoms with E-state index in [1.165, 1.54) is 10.8 Å². The first-order chi connectivity index (χ1) is 15.6. The molecular formula is C27H19ClINO2. The smallest absolute Gasteiger partial charge is 0.174 e. The molecule has 4 rings (SSSR count). The maximum Gasteiger partial charge on any atom is 0.174 e. The number of halogens is 2. The standard InChI is InChI=1S/C27H19ClINO2/c1-31-26-14-18(12-22(16-30)20-8-5-10-23(28)15-20)13-25(29)27(26)32-17-21-9-4-7-19-6-2-3-11-24(19)21/h2-15H,17H2,1H3/b22-12-. The van der Waals surface area contributed by atoms with Crippen molar-refractivity contribution in [2.75, 3.05) is 7.11 Å². The fourth-order valence-electron chi connectivity index (χ4n) is 3.53. The molecule has 0 saturated carbocycles. The summed E-state index contributed by atoms with van der Waals surface area (Å²) < 4.78 is 12.7. The Morgan fingerprint density at radius 3 is 2.59 bits per heavy atom. The highest BCUT2D eigenvalue weighted by Gasteiger charge is 2.13. The van der Waals surface area contributed by atoms with E-state index in [4.69, 9.17) is 21.1 Å². The van der Waals surface area contributed by atoms with Crippen LogP contribution >= 0.6 is 34.2 Å². The number of hydrogen-bond acceptors (Lipinski definition) is 3. The number of nitriles is 1. The molecule has 0 bridgehead atoms. The van der Waals surface area contributed by atoms with Gasteiger partial charge in [0.2, 0.25) is 0 Å². The Balaban J connectivity index is 1.64. The van der Waals surface area contributed by atoms with Crippen molar-refractivity contribution in [1.29, 1.82) is 5.26 Å². The molecule has 0 N–H and O–H groups in total. The summed E-state index contributed by atoms with van der Waals surface area (Å²) >= 11 is 8.33. The Bertz CT molecular complexity index is 1350. The van der Waals surface area contributed by atoms with Crippen LogP contribution in [0.15, 0.2) is 78.9 Å². The molecule has 4 aromatic rings. The fourth-order valence-corrected chi connectivity index (χ4v) is 4.51. The number of methoxy groups -OCH3 is 1. The van der Waals surface area contributed by atoms with E-state index in [9.17, 15) is 5.26 Å². The lowest BCUT2D eigenvalue weighted by atomic mass is 10.0. The van der Waals surface area contributed by atoms with Crippen LogP contribution in [-0.4, -0.2) is 7.11 Å². The second kappa shape index (κ2) is 10.1. The number of hydrogen-bond donors (Lipinski definition) is 0. The zero-order chi connectivity index (χ0) is 22.5. The lowest BCUT2D eigenvalue weighted by Gasteiger charge is -2.15. The second-order valence-electron chi connectivity index (χ2n) is 7.14. The van der Waals surface area contributed by atoms with E-state index < -0.39 is 0 Å². The van der Waals surface area contributed by atoms with Crippen LogP contribution in [-0.2, 0) is 6.61 Å². The molecule has 0 heterocycles. The molecule has 0 aliphatic heterocycles. The minimum absolute atomic E-state index is 0.425. The molecule has 0 atom stereocenters. The summed E-state index contributed by atoms with van der Waals surface area (Å²) in [6.45, 7) is 0.425. The minimum atomic E-state index is 0.425. The van der Waals surface area contributed by atoms with Crippen molar-refractivity contribution < 1.29 is 9.47 Å². The van der Waals surface area contributed by atoms with Gasteiger partial charge in [-0.25, -0.2) is 0 Å². The van der Waals surface area contributed by atoms with Gasteiger partial charge in [0, 0.05) is 5.02 Å². The Kier molecular flexibility index (Phi) is 6.99. The van der Waals surface area contributed by atoms with E-state index >= 15 is 0 Å². The van der Waals surface area contributed by atoms with E-state index in [1.807, 2.05) is 48.5 Å². The Morgan fingerprint density at radius 1 is 1.03 bits per heavy atom. The largest absolute Gasteiger partial charge is 0.493 e. The molecule has 158 valence electrons. The first kappa shape index (κ1) is 22.2. The molecule has 0 fully saturated rings. The van der Waals surface area contributed by atoms with Crippen molar-refractivity contribution in [2.45, 2.75) is 6.61 Å². The van der Waals surface area contributed by atoms with Crippen LogP contribution < -0.4 is 9.47 Å².